The topological polar surface area (TPSA) is 46.2 Å². The van der Waals surface area contributed by atoms with E-state index in [1.807, 2.05) is 12.1 Å². The van der Waals surface area contributed by atoms with Crippen molar-refractivity contribution in [1.82, 2.24) is 4.72 Å². The van der Waals surface area contributed by atoms with E-state index in [1.165, 1.54) is 0 Å². The van der Waals surface area contributed by atoms with Gasteiger partial charge in [0.2, 0.25) is 10.0 Å². The van der Waals surface area contributed by atoms with E-state index in [9.17, 15) is 8.42 Å². The summed E-state index contributed by atoms with van der Waals surface area (Å²) in [6.07, 6.45) is 1.90. The number of alkyl halides is 1. The lowest BCUT2D eigenvalue weighted by molar-refractivity contribution is 0.540. The maximum Gasteiger partial charge on any atom is 0.240 e. The molecule has 0 aliphatic rings. The van der Waals surface area contributed by atoms with Crippen LogP contribution in [0.3, 0.4) is 0 Å². The van der Waals surface area contributed by atoms with Crippen molar-refractivity contribution in [1.29, 1.82) is 0 Å². The highest BCUT2D eigenvalue weighted by atomic mass is 79.9. The van der Waals surface area contributed by atoms with Gasteiger partial charge in [-0.2, -0.15) is 0 Å². The molecular weight excluding hydrogens is 314 g/mol. The second-order valence-corrected chi connectivity index (χ2v) is 7.04. The van der Waals surface area contributed by atoms with E-state index in [1.54, 1.807) is 12.1 Å². The lowest BCUT2D eigenvalue weighted by Crippen LogP contribution is -2.25. The van der Waals surface area contributed by atoms with Crippen LogP contribution in [0.15, 0.2) is 29.2 Å². The maximum absolute atomic E-state index is 12.0. The lowest BCUT2D eigenvalue weighted by atomic mass is 10.1. The fourth-order valence-corrected chi connectivity index (χ4v) is 3.01. The van der Waals surface area contributed by atoms with Crippen molar-refractivity contribution in [3.8, 4) is 0 Å². The van der Waals surface area contributed by atoms with Gasteiger partial charge in [0.1, 0.15) is 0 Å². The molecule has 1 aromatic carbocycles. The van der Waals surface area contributed by atoms with Crippen LogP contribution in [0.25, 0.3) is 0 Å². The highest BCUT2D eigenvalue weighted by Gasteiger charge is 2.12. The molecule has 0 bridgehead atoms. The van der Waals surface area contributed by atoms with Crippen LogP contribution in [-0.2, 0) is 15.4 Å². The monoisotopic (exact) mass is 333 g/mol. The molecule has 0 saturated carbocycles. The summed E-state index contributed by atoms with van der Waals surface area (Å²) >= 11 is 3.33. The molecule has 0 aliphatic heterocycles. The highest BCUT2D eigenvalue weighted by molar-refractivity contribution is 9.08. The van der Waals surface area contributed by atoms with Crippen LogP contribution in [-0.4, -0.2) is 15.0 Å². The van der Waals surface area contributed by atoms with Crippen molar-refractivity contribution in [3.63, 3.8) is 0 Å². The normalized spacial score (nSPS) is 12.0. The predicted molar refractivity (Wildman–Crippen MR) is 78.3 cm³/mol. The van der Waals surface area contributed by atoms with Crippen LogP contribution in [0.4, 0.5) is 0 Å². The maximum atomic E-state index is 12.0. The van der Waals surface area contributed by atoms with Crippen molar-refractivity contribution in [3.05, 3.63) is 29.8 Å². The van der Waals surface area contributed by atoms with Crippen LogP contribution in [0.5, 0.6) is 0 Å². The smallest absolute Gasteiger partial charge is 0.211 e. The van der Waals surface area contributed by atoms with Crippen molar-refractivity contribution in [2.24, 2.45) is 5.92 Å². The third-order valence-corrected chi connectivity index (χ3v) is 4.76. The molecule has 0 unspecified atom stereocenters. The van der Waals surface area contributed by atoms with E-state index in [0.717, 1.165) is 23.7 Å². The molecule has 0 aliphatic carbocycles. The molecule has 0 heterocycles. The van der Waals surface area contributed by atoms with E-state index >= 15 is 0 Å². The van der Waals surface area contributed by atoms with E-state index in [0.29, 0.717) is 17.4 Å². The number of rotatable bonds is 7. The summed E-state index contributed by atoms with van der Waals surface area (Å²) in [6.45, 7) is 4.77. The first-order valence-electron chi connectivity index (χ1n) is 6.10. The Morgan fingerprint density at radius 3 is 2.33 bits per heavy atom. The van der Waals surface area contributed by atoms with Crippen LogP contribution in [0.1, 0.15) is 32.3 Å². The average molecular weight is 334 g/mol. The largest absolute Gasteiger partial charge is 0.240 e. The van der Waals surface area contributed by atoms with E-state index < -0.39 is 10.0 Å². The third-order valence-electron chi connectivity index (χ3n) is 2.64. The Kier molecular flexibility index (Phi) is 6.32. The first-order chi connectivity index (χ1) is 8.45. The fraction of sp³-hybridized carbons (Fsp3) is 0.538. The van der Waals surface area contributed by atoms with Gasteiger partial charge in [-0.15, -0.1) is 0 Å². The van der Waals surface area contributed by atoms with Gasteiger partial charge < -0.3 is 0 Å². The van der Waals surface area contributed by atoms with E-state index in [2.05, 4.69) is 34.5 Å². The van der Waals surface area contributed by atoms with Crippen LogP contribution < -0.4 is 4.72 Å². The molecule has 0 amide bonds. The van der Waals surface area contributed by atoms with Crippen LogP contribution in [0, 0.1) is 5.92 Å². The lowest BCUT2D eigenvalue weighted by Gasteiger charge is -2.08. The van der Waals surface area contributed by atoms with Gasteiger partial charge in [-0.25, -0.2) is 13.1 Å². The fourth-order valence-electron chi connectivity index (χ4n) is 1.56. The Bertz CT molecular complexity index is 454. The number of nitrogens with one attached hydrogen (secondary N) is 1. The molecule has 0 atom stereocenters. The molecule has 0 spiro atoms. The highest BCUT2D eigenvalue weighted by Crippen LogP contribution is 2.12. The quantitative estimate of drug-likeness (QED) is 0.614. The Morgan fingerprint density at radius 1 is 1.22 bits per heavy atom. The summed E-state index contributed by atoms with van der Waals surface area (Å²) in [6, 6.07) is 6.91. The standard InChI is InChI=1S/C13H20BrNO2S/c1-11(2)4-3-9-15-18(16,17)13-7-5-12(10-14)6-8-13/h5-8,11,15H,3-4,9-10H2,1-2H3. The average Bonchev–Trinajstić information content (AvgIpc) is 2.34. The summed E-state index contributed by atoms with van der Waals surface area (Å²) in [7, 11) is -3.35. The molecule has 5 heteroatoms. The molecule has 0 aromatic heterocycles. The van der Waals surface area contributed by atoms with E-state index in [4.69, 9.17) is 0 Å². The Hall–Kier alpha value is -0.390. The van der Waals surface area contributed by atoms with Gasteiger partial charge in [-0.1, -0.05) is 41.9 Å². The minimum absolute atomic E-state index is 0.330. The second-order valence-electron chi connectivity index (χ2n) is 4.71. The molecule has 1 N–H and O–H groups in total. The Morgan fingerprint density at radius 2 is 1.83 bits per heavy atom. The number of hydrogen-bond donors (Lipinski definition) is 1. The van der Waals surface area contributed by atoms with Crippen LogP contribution >= 0.6 is 15.9 Å². The third kappa shape index (κ3) is 5.08. The van der Waals surface area contributed by atoms with Crippen molar-refractivity contribution in [2.45, 2.75) is 36.9 Å². The predicted octanol–water partition coefficient (Wildman–Crippen LogP) is 3.30. The van der Waals surface area contributed by atoms with Gasteiger partial charge in [-0.3, -0.25) is 0 Å². The van der Waals surface area contributed by atoms with Crippen molar-refractivity contribution in [2.75, 3.05) is 6.54 Å². The zero-order chi connectivity index (χ0) is 13.6. The SMILES string of the molecule is CC(C)CCCNS(=O)(=O)c1ccc(CBr)cc1. The molecule has 102 valence electrons. The minimum Gasteiger partial charge on any atom is -0.211 e. The molecule has 3 nitrogen and oxygen atoms in total. The molecule has 0 saturated heterocycles. The number of halogens is 1. The number of benzene rings is 1. The summed E-state index contributed by atoms with van der Waals surface area (Å²) in [5.41, 5.74) is 1.06. The Labute approximate surface area is 118 Å². The number of hydrogen-bond acceptors (Lipinski definition) is 2. The second kappa shape index (κ2) is 7.26. The minimum atomic E-state index is -3.35. The molecule has 18 heavy (non-hydrogen) atoms. The first-order valence-corrected chi connectivity index (χ1v) is 8.70. The van der Waals surface area contributed by atoms with Crippen molar-refractivity contribution >= 4 is 26.0 Å². The number of sulfonamides is 1. The van der Waals surface area contributed by atoms with Gasteiger partial charge in [0.15, 0.2) is 0 Å². The molecule has 1 rings (SSSR count). The zero-order valence-electron chi connectivity index (χ0n) is 10.8. The molecule has 1 aromatic rings. The summed E-state index contributed by atoms with van der Waals surface area (Å²) in [5.74, 6) is 0.604. The first kappa shape index (κ1) is 15.7. The van der Waals surface area contributed by atoms with Gasteiger partial charge in [-0.05, 0) is 36.5 Å². The molecule has 0 fully saturated rings. The van der Waals surface area contributed by atoms with E-state index in [-0.39, 0.29) is 0 Å². The molecular formula is C13H20BrNO2S. The van der Waals surface area contributed by atoms with Gasteiger partial charge in [0.05, 0.1) is 4.90 Å². The summed E-state index contributed by atoms with van der Waals surface area (Å²) < 4.78 is 26.5. The summed E-state index contributed by atoms with van der Waals surface area (Å²) in [5, 5.41) is 0.731. The molecule has 0 radical (unpaired) electrons. The van der Waals surface area contributed by atoms with Crippen molar-refractivity contribution < 1.29 is 8.42 Å². The summed E-state index contributed by atoms with van der Waals surface area (Å²) in [4.78, 5) is 0.330. The van der Waals surface area contributed by atoms with Gasteiger partial charge in [0, 0.05) is 11.9 Å². The van der Waals surface area contributed by atoms with Gasteiger partial charge >= 0.3 is 0 Å². The Balaban J connectivity index is 2.57. The zero-order valence-corrected chi connectivity index (χ0v) is 13.2. The van der Waals surface area contributed by atoms with Crippen LogP contribution in [0.2, 0.25) is 0 Å². The van der Waals surface area contributed by atoms with Gasteiger partial charge in [0.25, 0.3) is 0 Å².